The van der Waals surface area contributed by atoms with Crippen molar-refractivity contribution >= 4 is 15.9 Å². The molecule has 140 valence electrons. The normalized spacial score (nSPS) is 16.0. The fourth-order valence-electron chi connectivity index (χ4n) is 3.00. The molecule has 1 aliphatic rings. The van der Waals surface area contributed by atoms with E-state index in [1.807, 2.05) is 26.0 Å². The molecule has 0 saturated carbocycles. The number of unbranched alkanes of at least 4 members (excludes halogenated alkanes) is 1. The van der Waals surface area contributed by atoms with Crippen molar-refractivity contribution in [2.45, 2.75) is 33.1 Å². The largest absolute Gasteiger partial charge is 0.496 e. The van der Waals surface area contributed by atoms with Gasteiger partial charge in [0.05, 0.1) is 12.9 Å². The Balaban J connectivity index is 2.02. The minimum absolute atomic E-state index is 0.0528. The van der Waals surface area contributed by atoms with E-state index >= 15 is 0 Å². The van der Waals surface area contributed by atoms with Crippen molar-refractivity contribution in [3.8, 4) is 5.75 Å². The van der Waals surface area contributed by atoms with Gasteiger partial charge >= 0.3 is 0 Å². The number of hydrogen-bond acceptors (Lipinski definition) is 4. The number of carbonyl (C=O) groups excluding carboxylic acids is 1. The third kappa shape index (κ3) is 4.73. The van der Waals surface area contributed by atoms with Gasteiger partial charge in [-0.2, -0.15) is 4.31 Å². The van der Waals surface area contributed by atoms with Crippen molar-refractivity contribution in [1.29, 1.82) is 0 Å². The van der Waals surface area contributed by atoms with Crippen LogP contribution in [0.4, 0.5) is 0 Å². The van der Waals surface area contributed by atoms with Gasteiger partial charge in [0.1, 0.15) is 5.75 Å². The Bertz CT molecular complexity index is 695. The van der Waals surface area contributed by atoms with Crippen molar-refractivity contribution < 1.29 is 17.9 Å². The fraction of sp³-hybridized carbons (Fsp3) is 0.611. The average molecular weight is 368 g/mol. The van der Waals surface area contributed by atoms with Crippen LogP contribution in [0.2, 0.25) is 0 Å². The zero-order valence-electron chi connectivity index (χ0n) is 15.3. The van der Waals surface area contributed by atoms with Gasteiger partial charge in [0.25, 0.3) is 5.91 Å². The molecule has 0 spiro atoms. The van der Waals surface area contributed by atoms with Crippen LogP contribution in [0.15, 0.2) is 18.2 Å². The van der Waals surface area contributed by atoms with Gasteiger partial charge in [-0.1, -0.05) is 20.3 Å². The summed E-state index contributed by atoms with van der Waals surface area (Å²) in [7, 11) is -1.58. The lowest BCUT2D eigenvalue weighted by Gasteiger charge is -2.34. The van der Waals surface area contributed by atoms with Crippen molar-refractivity contribution in [2.24, 2.45) is 0 Å². The predicted octanol–water partition coefficient (Wildman–Crippen LogP) is 2.15. The molecule has 2 rings (SSSR count). The molecule has 1 fully saturated rings. The third-order valence-electron chi connectivity index (χ3n) is 4.58. The van der Waals surface area contributed by atoms with Gasteiger partial charge in [-0.15, -0.1) is 0 Å². The number of sulfonamides is 1. The number of aryl methyl sites for hydroxylation is 1. The molecule has 7 heteroatoms. The van der Waals surface area contributed by atoms with Crippen LogP contribution in [-0.2, 0) is 16.4 Å². The summed E-state index contributed by atoms with van der Waals surface area (Å²) in [5.74, 6) is 0.921. The Morgan fingerprint density at radius 2 is 1.84 bits per heavy atom. The van der Waals surface area contributed by atoms with Gasteiger partial charge in [-0.25, -0.2) is 8.42 Å². The lowest BCUT2D eigenvalue weighted by molar-refractivity contribution is 0.0697. The van der Waals surface area contributed by atoms with Gasteiger partial charge in [0.2, 0.25) is 10.0 Å². The van der Waals surface area contributed by atoms with E-state index in [0.29, 0.717) is 38.2 Å². The molecular formula is C18H28N2O4S. The van der Waals surface area contributed by atoms with Crippen molar-refractivity contribution in [3.63, 3.8) is 0 Å². The molecule has 1 amide bonds. The average Bonchev–Trinajstić information content (AvgIpc) is 2.65. The monoisotopic (exact) mass is 368 g/mol. The molecule has 1 aliphatic heterocycles. The first-order chi connectivity index (χ1) is 11.9. The Hall–Kier alpha value is -1.60. The first-order valence-corrected chi connectivity index (χ1v) is 10.5. The molecular weight excluding hydrogens is 340 g/mol. The maximum Gasteiger partial charge on any atom is 0.253 e. The SMILES string of the molecule is CCCCS(=O)(=O)N1CCN(C(=O)c2ccc(OC)c(CC)c2)CC1. The molecule has 1 saturated heterocycles. The highest BCUT2D eigenvalue weighted by Gasteiger charge is 2.28. The summed E-state index contributed by atoms with van der Waals surface area (Å²) >= 11 is 0. The zero-order chi connectivity index (χ0) is 18.4. The van der Waals surface area contributed by atoms with Crippen LogP contribution in [0.1, 0.15) is 42.6 Å². The van der Waals surface area contributed by atoms with E-state index in [1.54, 1.807) is 18.1 Å². The maximum atomic E-state index is 12.7. The number of carbonyl (C=O) groups is 1. The highest BCUT2D eigenvalue weighted by molar-refractivity contribution is 7.89. The molecule has 1 aromatic carbocycles. The topological polar surface area (TPSA) is 66.9 Å². The summed E-state index contributed by atoms with van der Waals surface area (Å²) < 4.78 is 31.3. The van der Waals surface area contributed by atoms with E-state index in [4.69, 9.17) is 4.74 Å². The van der Waals surface area contributed by atoms with E-state index < -0.39 is 10.0 Å². The van der Waals surface area contributed by atoms with Crippen LogP contribution in [-0.4, -0.2) is 62.6 Å². The Labute approximate surface area is 150 Å². The van der Waals surface area contributed by atoms with Gasteiger partial charge in [-0.05, 0) is 36.6 Å². The first kappa shape index (κ1) is 19.7. The van der Waals surface area contributed by atoms with E-state index in [1.165, 1.54) is 4.31 Å². The molecule has 0 unspecified atom stereocenters. The van der Waals surface area contributed by atoms with E-state index in [-0.39, 0.29) is 11.7 Å². The molecule has 1 heterocycles. The Kier molecular flexibility index (Phi) is 6.84. The number of piperazine rings is 1. The van der Waals surface area contributed by atoms with E-state index in [9.17, 15) is 13.2 Å². The molecule has 6 nitrogen and oxygen atoms in total. The standard InChI is InChI=1S/C18H28N2O4S/c1-4-6-13-25(22,23)20-11-9-19(10-12-20)18(21)16-7-8-17(24-3)15(5-2)14-16/h7-8,14H,4-6,9-13H2,1-3H3. The second kappa shape index (κ2) is 8.67. The lowest BCUT2D eigenvalue weighted by atomic mass is 10.1. The third-order valence-corrected chi connectivity index (χ3v) is 6.54. The smallest absolute Gasteiger partial charge is 0.253 e. The van der Waals surface area contributed by atoms with E-state index in [2.05, 4.69) is 0 Å². The summed E-state index contributed by atoms with van der Waals surface area (Å²) in [5, 5.41) is 0. The molecule has 0 N–H and O–H groups in total. The number of nitrogens with zero attached hydrogens (tertiary/aromatic N) is 2. The van der Waals surface area contributed by atoms with Crippen LogP contribution >= 0.6 is 0 Å². The molecule has 1 aromatic rings. The van der Waals surface area contributed by atoms with Crippen molar-refractivity contribution in [2.75, 3.05) is 39.0 Å². The quantitative estimate of drug-likeness (QED) is 0.740. The molecule has 0 radical (unpaired) electrons. The van der Waals surface area contributed by atoms with Crippen molar-refractivity contribution in [3.05, 3.63) is 29.3 Å². The first-order valence-electron chi connectivity index (χ1n) is 8.87. The van der Waals surface area contributed by atoms with Crippen LogP contribution in [0, 0.1) is 0 Å². The zero-order valence-corrected chi connectivity index (χ0v) is 16.1. The van der Waals surface area contributed by atoms with Gasteiger partial charge in [0, 0.05) is 31.7 Å². The molecule has 0 aliphatic carbocycles. The second-order valence-corrected chi connectivity index (χ2v) is 8.33. The number of benzene rings is 1. The van der Waals surface area contributed by atoms with Gasteiger partial charge in [-0.3, -0.25) is 4.79 Å². The number of hydrogen-bond donors (Lipinski definition) is 0. The summed E-state index contributed by atoms with van der Waals surface area (Å²) in [4.78, 5) is 14.4. The molecule has 25 heavy (non-hydrogen) atoms. The van der Waals surface area contributed by atoms with Crippen LogP contribution in [0.3, 0.4) is 0 Å². The van der Waals surface area contributed by atoms with Crippen LogP contribution in [0.5, 0.6) is 5.75 Å². The minimum atomic E-state index is -3.20. The minimum Gasteiger partial charge on any atom is -0.496 e. The van der Waals surface area contributed by atoms with Crippen molar-refractivity contribution in [1.82, 2.24) is 9.21 Å². The summed E-state index contributed by atoms with van der Waals surface area (Å²) in [5.41, 5.74) is 1.62. The van der Waals surface area contributed by atoms with Crippen LogP contribution in [0.25, 0.3) is 0 Å². The summed E-state index contributed by atoms with van der Waals surface area (Å²) in [6.45, 7) is 5.59. The Morgan fingerprint density at radius 3 is 2.40 bits per heavy atom. The predicted molar refractivity (Wildman–Crippen MR) is 98.5 cm³/mol. The van der Waals surface area contributed by atoms with Crippen LogP contribution < -0.4 is 4.74 Å². The maximum absolute atomic E-state index is 12.7. The Morgan fingerprint density at radius 1 is 1.16 bits per heavy atom. The van der Waals surface area contributed by atoms with Gasteiger partial charge < -0.3 is 9.64 Å². The number of ether oxygens (including phenoxy) is 1. The lowest BCUT2D eigenvalue weighted by Crippen LogP contribution is -2.51. The summed E-state index contributed by atoms with van der Waals surface area (Å²) in [6.07, 6.45) is 2.32. The highest BCUT2D eigenvalue weighted by atomic mass is 32.2. The van der Waals surface area contributed by atoms with Gasteiger partial charge in [0.15, 0.2) is 0 Å². The fourth-order valence-corrected chi connectivity index (χ4v) is 4.63. The number of methoxy groups -OCH3 is 1. The molecule has 0 aromatic heterocycles. The number of rotatable bonds is 7. The molecule has 0 bridgehead atoms. The highest BCUT2D eigenvalue weighted by Crippen LogP contribution is 2.22. The molecule has 0 atom stereocenters. The number of amides is 1. The van der Waals surface area contributed by atoms with E-state index in [0.717, 1.165) is 24.2 Å². The summed E-state index contributed by atoms with van der Waals surface area (Å²) in [6, 6.07) is 5.45. The second-order valence-electron chi connectivity index (χ2n) is 6.24.